The third-order valence-electron chi connectivity index (χ3n) is 4.76. The Bertz CT molecular complexity index is 554. The molecule has 1 N–H and O–H groups in total. The number of hydrogen-bond acceptors (Lipinski definition) is 3. The van der Waals surface area contributed by atoms with Crippen LogP contribution in [-0.4, -0.2) is 44.8 Å². The molecule has 1 aromatic rings. The van der Waals surface area contributed by atoms with Crippen molar-refractivity contribution in [2.24, 2.45) is 18.4 Å². The summed E-state index contributed by atoms with van der Waals surface area (Å²) in [6.07, 6.45) is 6.38. The molecule has 3 rings (SSSR count). The van der Waals surface area contributed by atoms with Crippen LogP contribution in [0.1, 0.15) is 24.8 Å². The number of likely N-dealkylation sites (tertiary alicyclic amines) is 1. The van der Waals surface area contributed by atoms with E-state index in [1.165, 1.54) is 0 Å². The van der Waals surface area contributed by atoms with Crippen molar-refractivity contribution in [2.75, 3.05) is 13.1 Å². The molecule has 1 aromatic heterocycles. The molecular formula is C14H19N3O3. The van der Waals surface area contributed by atoms with Crippen LogP contribution in [0.5, 0.6) is 0 Å². The molecule has 0 spiro atoms. The summed E-state index contributed by atoms with van der Waals surface area (Å²) in [5.74, 6) is -0.609. The van der Waals surface area contributed by atoms with E-state index in [0.29, 0.717) is 25.9 Å². The Hall–Kier alpha value is -1.85. The van der Waals surface area contributed by atoms with Crippen LogP contribution in [-0.2, 0) is 23.1 Å². The molecular weight excluding hydrogens is 258 g/mol. The summed E-state index contributed by atoms with van der Waals surface area (Å²) in [5.41, 5.74) is 0.184. The van der Waals surface area contributed by atoms with Gasteiger partial charge in [-0.3, -0.25) is 14.3 Å². The molecule has 2 aliphatic rings. The van der Waals surface area contributed by atoms with Crippen molar-refractivity contribution < 1.29 is 14.7 Å². The molecule has 1 amide bonds. The van der Waals surface area contributed by atoms with Gasteiger partial charge in [-0.1, -0.05) is 6.42 Å². The van der Waals surface area contributed by atoms with E-state index in [2.05, 4.69) is 5.10 Å². The second-order valence-electron chi connectivity index (χ2n) is 6.02. The maximum atomic E-state index is 12.3. The van der Waals surface area contributed by atoms with Gasteiger partial charge in [-0.2, -0.15) is 5.10 Å². The number of amides is 1. The number of fused-ring (bicyclic) bond motifs is 1. The number of aryl methyl sites for hydroxylation is 1. The fourth-order valence-electron chi connectivity index (χ4n) is 3.68. The Balaban J connectivity index is 1.70. The molecule has 0 aromatic carbocycles. The molecule has 108 valence electrons. The van der Waals surface area contributed by atoms with E-state index < -0.39 is 11.4 Å². The number of aromatic nitrogens is 2. The number of carboxylic acid groups (broad SMARTS) is 1. The highest BCUT2D eigenvalue weighted by atomic mass is 16.4. The van der Waals surface area contributed by atoms with Crippen molar-refractivity contribution in [3.05, 3.63) is 18.0 Å². The molecule has 1 aliphatic heterocycles. The second kappa shape index (κ2) is 4.61. The number of hydrogen-bond donors (Lipinski definition) is 1. The van der Waals surface area contributed by atoms with Gasteiger partial charge in [-0.25, -0.2) is 0 Å². The Morgan fingerprint density at radius 2 is 2.35 bits per heavy atom. The first kappa shape index (κ1) is 13.1. The molecule has 0 radical (unpaired) electrons. The smallest absolute Gasteiger partial charge is 0.311 e. The van der Waals surface area contributed by atoms with E-state index in [1.807, 2.05) is 13.2 Å². The highest BCUT2D eigenvalue weighted by Gasteiger charge is 2.55. The van der Waals surface area contributed by atoms with E-state index >= 15 is 0 Å². The zero-order valence-corrected chi connectivity index (χ0v) is 11.6. The topological polar surface area (TPSA) is 75.4 Å². The van der Waals surface area contributed by atoms with E-state index in [-0.39, 0.29) is 11.8 Å². The Labute approximate surface area is 117 Å². The van der Waals surface area contributed by atoms with Crippen LogP contribution < -0.4 is 0 Å². The van der Waals surface area contributed by atoms with Gasteiger partial charge >= 0.3 is 5.97 Å². The molecule has 1 saturated heterocycles. The first-order valence-electron chi connectivity index (χ1n) is 7.00. The van der Waals surface area contributed by atoms with Gasteiger partial charge in [0, 0.05) is 26.3 Å². The molecule has 1 saturated carbocycles. The van der Waals surface area contributed by atoms with Gasteiger partial charge in [0.15, 0.2) is 0 Å². The Kier molecular flexibility index (Phi) is 3.03. The molecule has 1 aliphatic carbocycles. The maximum absolute atomic E-state index is 12.3. The van der Waals surface area contributed by atoms with Crippen molar-refractivity contribution in [1.29, 1.82) is 0 Å². The molecule has 0 bridgehead atoms. The van der Waals surface area contributed by atoms with Gasteiger partial charge in [-0.05, 0) is 24.3 Å². The minimum atomic E-state index is -0.739. The van der Waals surface area contributed by atoms with E-state index in [1.54, 1.807) is 15.8 Å². The van der Waals surface area contributed by atoms with Gasteiger partial charge < -0.3 is 10.0 Å². The standard InChI is InChI=1S/C14H19N3O3/c1-16-7-10(6-15-16)5-12(18)17-8-11-3-2-4-14(11,9-17)13(19)20/h6-7,11H,2-5,8-9H2,1H3,(H,19,20)/t11-,14+/m0/s1. The SMILES string of the molecule is Cn1cc(CC(=O)N2C[C@@H]3CCC[C@@]3(C(=O)O)C2)cn1. The predicted molar refractivity (Wildman–Crippen MR) is 70.9 cm³/mol. The monoisotopic (exact) mass is 277 g/mol. The molecule has 6 nitrogen and oxygen atoms in total. The van der Waals surface area contributed by atoms with Crippen molar-refractivity contribution in [3.63, 3.8) is 0 Å². The predicted octanol–water partition coefficient (Wildman–Crippen LogP) is 0.676. The Morgan fingerprint density at radius 3 is 2.95 bits per heavy atom. The normalized spacial score (nSPS) is 28.6. The van der Waals surface area contributed by atoms with Crippen molar-refractivity contribution in [2.45, 2.75) is 25.7 Å². The first-order valence-corrected chi connectivity index (χ1v) is 7.00. The van der Waals surface area contributed by atoms with Crippen molar-refractivity contribution in [3.8, 4) is 0 Å². The molecule has 6 heteroatoms. The molecule has 20 heavy (non-hydrogen) atoms. The quantitative estimate of drug-likeness (QED) is 0.881. The van der Waals surface area contributed by atoms with Gasteiger partial charge in [-0.15, -0.1) is 0 Å². The van der Waals surface area contributed by atoms with Crippen LogP contribution in [0.25, 0.3) is 0 Å². The van der Waals surface area contributed by atoms with Gasteiger partial charge in [0.25, 0.3) is 0 Å². The summed E-state index contributed by atoms with van der Waals surface area (Å²) < 4.78 is 1.67. The van der Waals surface area contributed by atoms with Gasteiger partial charge in [0.2, 0.25) is 5.91 Å². The lowest BCUT2D eigenvalue weighted by Gasteiger charge is -2.23. The van der Waals surface area contributed by atoms with Crippen LogP contribution in [0.15, 0.2) is 12.4 Å². The average Bonchev–Trinajstić information content (AvgIpc) is 3.02. The van der Waals surface area contributed by atoms with Crippen LogP contribution in [0.4, 0.5) is 0 Å². The summed E-state index contributed by atoms with van der Waals surface area (Å²) in [7, 11) is 1.81. The van der Waals surface area contributed by atoms with E-state index in [4.69, 9.17) is 0 Å². The van der Waals surface area contributed by atoms with E-state index in [9.17, 15) is 14.7 Å². The molecule has 2 atom stereocenters. The average molecular weight is 277 g/mol. The zero-order valence-electron chi connectivity index (χ0n) is 11.6. The summed E-state index contributed by atoms with van der Waals surface area (Å²) in [6.45, 7) is 0.956. The number of carbonyl (C=O) groups is 2. The van der Waals surface area contributed by atoms with Crippen molar-refractivity contribution in [1.82, 2.24) is 14.7 Å². The fourth-order valence-corrected chi connectivity index (χ4v) is 3.68. The second-order valence-corrected chi connectivity index (χ2v) is 6.02. The number of carboxylic acids is 1. The van der Waals surface area contributed by atoms with Crippen LogP contribution in [0, 0.1) is 11.3 Å². The third-order valence-corrected chi connectivity index (χ3v) is 4.76. The maximum Gasteiger partial charge on any atom is 0.311 e. The number of rotatable bonds is 3. The minimum Gasteiger partial charge on any atom is -0.481 e. The third kappa shape index (κ3) is 1.99. The van der Waals surface area contributed by atoms with Gasteiger partial charge in [0.05, 0.1) is 18.0 Å². The van der Waals surface area contributed by atoms with E-state index in [0.717, 1.165) is 18.4 Å². The van der Waals surface area contributed by atoms with Crippen molar-refractivity contribution >= 4 is 11.9 Å². The number of carbonyl (C=O) groups excluding carboxylic acids is 1. The molecule has 2 heterocycles. The van der Waals surface area contributed by atoms with Crippen LogP contribution >= 0.6 is 0 Å². The number of aliphatic carboxylic acids is 1. The summed E-state index contributed by atoms with van der Waals surface area (Å²) in [5, 5.41) is 13.6. The lowest BCUT2D eigenvalue weighted by atomic mass is 9.81. The molecule has 0 unspecified atom stereocenters. The van der Waals surface area contributed by atoms with Crippen LogP contribution in [0.2, 0.25) is 0 Å². The highest BCUT2D eigenvalue weighted by molar-refractivity contribution is 5.82. The number of nitrogens with zero attached hydrogens (tertiary/aromatic N) is 3. The zero-order chi connectivity index (χ0) is 14.3. The largest absolute Gasteiger partial charge is 0.481 e. The van der Waals surface area contributed by atoms with Gasteiger partial charge in [0.1, 0.15) is 0 Å². The van der Waals surface area contributed by atoms with Crippen LogP contribution in [0.3, 0.4) is 0 Å². The fraction of sp³-hybridized carbons (Fsp3) is 0.643. The highest BCUT2D eigenvalue weighted by Crippen LogP contribution is 2.48. The first-order chi connectivity index (χ1) is 9.51. The summed E-state index contributed by atoms with van der Waals surface area (Å²) in [6, 6.07) is 0. The minimum absolute atomic E-state index is 0.00743. The Morgan fingerprint density at radius 1 is 1.55 bits per heavy atom. The summed E-state index contributed by atoms with van der Waals surface area (Å²) >= 11 is 0. The lowest BCUT2D eigenvalue weighted by Crippen LogP contribution is -2.37. The summed E-state index contributed by atoms with van der Waals surface area (Å²) in [4.78, 5) is 25.6. The molecule has 2 fully saturated rings. The lowest BCUT2D eigenvalue weighted by molar-refractivity contribution is -0.149.